The smallest absolute Gasteiger partial charge is 0.492 e. The van der Waals surface area contributed by atoms with E-state index in [-0.39, 0.29) is 41.6 Å². The summed E-state index contributed by atoms with van der Waals surface area (Å²) in [5, 5.41) is 0. The maximum Gasteiger partial charge on any atom is 1.00 e. The molecule has 0 spiro atoms. The van der Waals surface area contributed by atoms with Gasteiger partial charge in [-0.05, 0) is 12.5 Å². The van der Waals surface area contributed by atoms with Crippen molar-refractivity contribution in [3.8, 4) is 0 Å². The average Bonchev–Trinajstić information content (AvgIpc) is 2.32. The molecule has 0 aromatic rings. The third-order valence-electron chi connectivity index (χ3n) is 2.83. The number of rotatable bonds is 11. The van der Waals surface area contributed by atoms with Crippen LogP contribution in [0.5, 0.6) is 0 Å². The molecule has 0 heterocycles. The number of carbonyl (C=O) groups excluding carboxylic acids is 1. The van der Waals surface area contributed by atoms with Crippen LogP contribution in [0.1, 0.15) is 64.7 Å². The fraction of sp³-hybridized carbons (Fsp3) is 0.733. The van der Waals surface area contributed by atoms with Crippen LogP contribution in [0.2, 0.25) is 0 Å². The Kier molecular flexibility index (Phi) is 17.4. The molecule has 1 unspecified atom stereocenters. The minimum atomic E-state index is -0.371. The van der Waals surface area contributed by atoms with E-state index in [1.165, 1.54) is 51.0 Å². The minimum Gasteiger partial charge on any atom is -0.492 e. The molecule has 2 nitrogen and oxygen atoms in total. The predicted octanol–water partition coefficient (Wildman–Crippen LogP) is 1.45. The van der Waals surface area contributed by atoms with Crippen LogP contribution in [0.4, 0.5) is 0 Å². The maximum atomic E-state index is 10.9. The summed E-state index contributed by atoms with van der Waals surface area (Å²) in [6.07, 6.45) is 12.1. The van der Waals surface area contributed by atoms with Crippen LogP contribution < -0.4 is 29.6 Å². The second kappa shape index (κ2) is 15.3. The molecule has 0 bridgehead atoms. The molecular formula is C15H27NaO2. The maximum absolute atomic E-state index is 10.9. The molecule has 18 heavy (non-hydrogen) atoms. The molecule has 100 valence electrons. The first-order valence-electron chi connectivity index (χ1n) is 6.86. The molecule has 0 amide bonds. The Morgan fingerprint density at radius 2 is 1.67 bits per heavy atom. The summed E-state index contributed by atoms with van der Waals surface area (Å²) in [4.78, 5) is 10.9. The van der Waals surface area contributed by atoms with E-state index in [4.69, 9.17) is 4.74 Å². The summed E-state index contributed by atoms with van der Waals surface area (Å²) in [6, 6.07) is 0. The van der Waals surface area contributed by atoms with Crippen LogP contribution in [0.3, 0.4) is 0 Å². The predicted molar refractivity (Wildman–Crippen MR) is 72.7 cm³/mol. The third kappa shape index (κ3) is 14.3. The van der Waals surface area contributed by atoms with E-state index in [1.54, 1.807) is 0 Å². The molecule has 0 aliphatic heterocycles. The van der Waals surface area contributed by atoms with E-state index < -0.39 is 0 Å². The summed E-state index contributed by atoms with van der Waals surface area (Å²) in [5.41, 5.74) is 0. The molecule has 0 saturated heterocycles. The van der Waals surface area contributed by atoms with Gasteiger partial charge in [-0.3, -0.25) is 0 Å². The zero-order chi connectivity index (χ0) is 12.9. The van der Waals surface area contributed by atoms with Crippen LogP contribution in [0, 0.1) is 6.92 Å². The molecule has 3 heteroatoms. The second-order valence-corrected chi connectivity index (χ2v) is 4.53. The van der Waals surface area contributed by atoms with Gasteiger partial charge in [0, 0.05) is 6.08 Å². The quantitative estimate of drug-likeness (QED) is 0.185. The molecule has 0 aliphatic rings. The molecule has 0 radical (unpaired) electrons. The standard InChI is InChI=1S/C15H27O2.Na/c1-4-6-7-8-9-10-11-12-13-14(3)17-15(16)5-2;/h5,14H,2-4,6-13H2,1H3;/q-1;+1. The first-order chi connectivity index (χ1) is 8.20. The second-order valence-electron chi connectivity index (χ2n) is 4.53. The van der Waals surface area contributed by atoms with Crippen LogP contribution in [0.15, 0.2) is 12.7 Å². The van der Waals surface area contributed by atoms with E-state index in [9.17, 15) is 4.79 Å². The number of esters is 1. The monoisotopic (exact) mass is 262 g/mol. The Labute approximate surface area is 135 Å². The molecule has 0 N–H and O–H groups in total. The van der Waals surface area contributed by atoms with Gasteiger partial charge in [0.1, 0.15) is 0 Å². The van der Waals surface area contributed by atoms with Gasteiger partial charge >= 0.3 is 35.5 Å². The van der Waals surface area contributed by atoms with Crippen molar-refractivity contribution in [2.24, 2.45) is 0 Å². The van der Waals surface area contributed by atoms with Crippen molar-refractivity contribution in [3.63, 3.8) is 0 Å². The van der Waals surface area contributed by atoms with Gasteiger partial charge in [-0.25, -0.2) is 4.79 Å². The Hall–Kier alpha value is 0.210. The SMILES string of the molecule is C=CC(=O)OC([CH2-])CCCCCCCCCC.[Na+]. The Morgan fingerprint density at radius 1 is 1.17 bits per heavy atom. The first-order valence-corrected chi connectivity index (χ1v) is 6.86. The topological polar surface area (TPSA) is 26.3 Å². The summed E-state index contributed by atoms with van der Waals surface area (Å²) in [5.74, 6) is -0.371. The molecular weight excluding hydrogens is 235 g/mol. The Morgan fingerprint density at radius 3 is 2.17 bits per heavy atom. The fourth-order valence-corrected chi connectivity index (χ4v) is 1.78. The van der Waals surface area contributed by atoms with Gasteiger partial charge in [0.2, 0.25) is 0 Å². The van der Waals surface area contributed by atoms with E-state index in [1.807, 2.05) is 0 Å². The van der Waals surface area contributed by atoms with Gasteiger partial charge in [-0.2, -0.15) is 0 Å². The summed E-state index contributed by atoms with van der Waals surface area (Å²) >= 11 is 0. The largest absolute Gasteiger partial charge is 1.00 e. The summed E-state index contributed by atoms with van der Waals surface area (Å²) < 4.78 is 4.99. The number of unbranched alkanes of at least 4 members (excludes halogenated alkanes) is 7. The van der Waals surface area contributed by atoms with E-state index in [0.29, 0.717) is 0 Å². The zero-order valence-corrected chi connectivity index (χ0v) is 14.2. The van der Waals surface area contributed by atoms with Crippen LogP contribution in [-0.4, -0.2) is 12.1 Å². The van der Waals surface area contributed by atoms with E-state index in [2.05, 4.69) is 20.4 Å². The first kappa shape index (κ1) is 20.5. The van der Waals surface area contributed by atoms with Crippen molar-refractivity contribution >= 4 is 5.97 Å². The molecule has 1 atom stereocenters. The van der Waals surface area contributed by atoms with Crippen LogP contribution in [-0.2, 0) is 9.53 Å². The Balaban J connectivity index is 0. The summed E-state index contributed by atoms with van der Waals surface area (Å²) in [7, 11) is 0. The number of carbonyl (C=O) groups is 1. The van der Waals surface area contributed by atoms with Gasteiger partial charge in [-0.15, -0.1) is 0 Å². The number of hydrogen-bond acceptors (Lipinski definition) is 2. The Bertz CT molecular complexity index is 205. The van der Waals surface area contributed by atoms with Gasteiger partial charge in [0.15, 0.2) is 0 Å². The van der Waals surface area contributed by atoms with E-state index >= 15 is 0 Å². The van der Waals surface area contributed by atoms with Gasteiger partial charge < -0.3 is 11.7 Å². The van der Waals surface area contributed by atoms with Gasteiger partial charge in [0.25, 0.3) is 0 Å². The van der Waals surface area contributed by atoms with Crippen molar-refractivity contribution in [2.75, 3.05) is 0 Å². The third-order valence-corrected chi connectivity index (χ3v) is 2.83. The zero-order valence-electron chi connectivity index (χ0n) is 12.2. The molecule has 0 aromatic heterocycles. The number of ether oxygens (including phenoxy) is 1. The van der Waals surface area contributed by atoms with E-state index in [0.717, 1.165) is 12.8 Å². The van der Waals surface area contributed by atoms with Crippen molar-refractivity contribution in [1.29, 1.82) is 0 Å². The van der Waals surface area contributed by atoms with Crippen molar-refractivity contribution in [3.05, 3.63) is 19.6 Å². The summed E-state index contributed by atoms with van der Waals surface area (Å²) in [6.45, 7) is 9.39. The van der Waals surface area contributed by atoms with Gasteiger partial charge in [0.05, 0.1) is 0 Å². The number of hydrogen-bond donors (Lipinski definition) is 0. The average molecular weight is 262 g/mol. The van der Waals surface area contributed by atoms with Crippen LogP contribution in [0.25, 0.3) is 0 Å². The minimum absolute atomic E-state index is 0. The van der Waals surface area contributed by atoms with Crippen molar-refractivity contribution in [2.45, 2.75) is 70.8 Å². The molecule has 0 saturated carbocycles. The van der Waals surface area contributed by atoms with Crippen molar-refractivity contribution in [1.82, 2.24) is 0 Å². The van der Waals surface area contributed by atoms with Crippen LogP contribution >= 0.6 is 0 Å². The normalized spacial score (nSPS) is 11.4. The molecule has 0 aliphatic carbocycles. The fourth-order valence-electron chi connectivity index (χ4n) is 1.78. The molecule has 0 aromatic carbocycles. The van der Waals surface area contributed by atoms with Gasteiger partial charge in [-0.1, -0.05) is 64.9 Å². The molecule has 0 rings (SSSR count). The molecule has 0 fully saturated rings. The van der Waals surface area contributed by atoms with Crippen molar-refractivity contribution < 1.29 is 39.1 Å².